The van der Waals surface area contributed by atoms with E-state index in [0.29, 0.717) is 0 Å². The molecule has 4 aromatic carbocycles. The third kappa shape index (κ3) is 8.14. The van der Waals surface area contributed by atoms with E-state index in [1.54, 1.807) is 0 Å². The van der Waals surface area contributed by atoms with Gasteiger partial charge in [0.25, 0.3) is 0 Å². The van der Waals surface area contributed by atoms with Gasteiger partial charge in [0.2, 0.25) is 0 Å². The minimum Gasteiger partial charge on any atom is -0.179 e. The summed E-state index contributed by atoms with van der Waals surface area (Å²) in [5.74, 6) is 0. The Morgan fingerprint density at radius 2 is 1.00 bits per heavy atom. The maximum atomic E-state index is 4.93. The fourth-order valence-electron chi connectivity index (χ4n) is 4.00. The van der Waals surface area contributed by atoms with Crippen LogP contribution in [-0.2, 0) is 33.7 Å². The van der Waals surface area contributed by atoms with E-state index >= 15 is 0 Å². The molecule has 5 heteroatoms. The van der Waals surface area contributed by atoms with Gasteiger partial charge in [-0.25, -0.2) is 0 Å². The van der Waals surface area contributed by atoms with Crippen molar-refractivity contribution in [3.8, 4) is 22.3 Å². The quantitative estimate of drug-likeness (QED) is 0.129. The monoisotopic (exact) mass is 607 g/mol. The number of rotatable bonds is 1. The molecule has 0 unspecified atom stereocenters. The van der Waals surface area contributed by atoms with Crippen molar-refractivity contribution in [3.05, 3.63) is 119 Å². The summed E-state index contributed by atoms with van der Waals surface area (Å²) in [5.41, 5.74) is 11.0. The summed E-state index contributed by atoms with van der Waals surface area (Å²) in [4.78, 5) is 0. The average Bonchev–Trinajstić information content (AvgIpc) is 3.43. The summed E-state index contributed by atoms with van der Waals surface area (Å²) in [6.45, 7) is 9.61. The summed E-state index contributed by atoms with van der Waals surface area (Å²) in [5, 5.41) is 0. The molecule has 0 atom stereocenters. The van der Waals surface area contributed by atoms with Crippen molar-refractivity contribution in [2.75, 3.05) is 0 Å². The third-order valence-corrected chi connectivity index (χ3v) is 13.0. The second-order valence-corrected chi connectivity index (χ2v) is 25.5. The predicted molar refractivity (Wildman–Crippen MR) is 155 cm³/mol. The first kappa shape index (κ1) is 28.3. The van der Waals surface area contributed by atoms with Crippen LogP contribution in [0.15, 0.2) is 84.9 Å². The first-order chi connectivity index (χ1) is 16.9. The van der Waals surface area contributed by atoms with E-state index in [4.69, 9.17) is 17.0 Å². The molecule has 1 radical (unpaired) electrons. The van der Waals surface area contributed by atoms with Crippen molar-refractivity contribution >= 4 is 33.7 Å². The molecular weight excluding hydrogens is 579 g/mol. The van der Waals surface area contributed by atoms with E-state index in [2.05, 4.69) is 111 Å². The number of halogens is 2. The van der Waals surface area contributed by atoms with Crippen molar-refractivity contribution in [3.63, 3.8) is 0 Å². The van der Waals surface area contributed by atoms with Gasteiger partial charge in [0.15, 0.2) is 0 Å². The minimum atomic E-state index is -0.826. The van der Waals surface area contributed by atoms with Crippen molar-refractivity contribution in [2.24, 2.45) is 0 Å². The Kier molecular flexibility index (Phi) is 11.3. The van der Waals surface area contributed by atoms with Gasteiger partial charge in [-0.15, -0.1) is 11.1 Å². The van der Waals surface area contributed by atoms with Crippen molar-refractivity contribution < 1.29 is 20.8 Å². The minimum absolute atomic E-state index is 0.548. The number of hydrogen-bond acceptors (Lipinski definition) is 0. The Labute approximate surface area is 233 Å². The molecule has 4 aromatic rings. The molecule has 177 valence electrons. The molecule has 6 rings (SSSR count). The normalized spacial score (nSPS) is 11.5. The standard InChI is InChI=1S/2C13H9.C4H13Si2.2ClH.Zr/c2*1-3-7-12-10(5-1)9-11-6-2-4-8-13(11)12;1-5-6(2,3)4;;;/h2*1-5,7-8H,9H2;5H,1-4H3;2*1H;/q2*-1;;;;+4/p-2. The average molecular weight is 610 g/mol. The Morgan fingerprint density at radius 1 is 0.657 bits per heavy atom. The van der Waals surface area contributed by atoms with Gasteiger partial charge in [-0.3, -0.25) is 0 Å². The molecule has 0 saturated heterocycles. The van der Waals surface area contributed by atoms with Crippen LogP contribution in [0.5, 0.6) is 0 Å². The van der Waals surface area contributed by atoms with Gasteiger partial charge in [0, 0.05) is 16.6 Å². The summed E-state index contributed by atoms with van der Waals surface area (Å²) >= 11 is -0.826. The molecule has 2 aliphatic rings. The zero-order valence-corrected chi connectivity index (χ0v) is 27.0. The van der Waals surface area contributed by atoms with E-state index in [0.717, 1.165) is 21.9 Å². The zero-order chi connectivity index (χ0) is 25.3. The summed E-state index contributed by atoms with van der Waals surface area (Å²) < 4.78 is 0. The predicted octanol–water partition coefficient (Wildman–Crippen LogP) is 8.80. The van der Waals surface area contributed by atoms with Crippen LogP contribution in [0.1, 0.15) is 22.3 Å². The van der Waals surface area contributed by atoms with Crippen LogP contribution in [0.2, 0.25) is 26.2 Å². The van der Waals surface area contributed by atoms with Crippen molar-refractivity contribution in [2.45, 2.75) is 39.0 Å². The van der Waals surface area contributed by atoms with Crippen LogP contribution >= 0.6 is 17.0 Å². The van der Waals surface area contributed by atoms with Crippen LogP contribution in [-0.4, -0.2) is 16.6 Å². The van der Waals surface area contributed by atoms with Gasteiger partial charge in [-0.1, -0.05) is 97.0 Å². The zero-order valence-electron chi connectivity index (χ0n) is 20.8. The maximum Gasteiger partial charge on any atom is -0.0253 e. The van der Waals surface area contributed by atoms with Crippen LogP contribution in [0.3, 0.4) is 0 Å². The molecule has 0 aliphatic heterocycles. The van der Waals surface area contributed by atoms with Crippen LogP contribution in [0.25, 0.3) is 22.3 Å². The first-order valence-corrected chi connectivity index (χ1v) is 24.6. The maximum absolute atomic E-state index is 4.93. The Hall–Kier alpha value is -1.22. The second kappa shape index (κ2) is 13.9. The number of hydrogen-bond donors (Lipinski definition) is 0. The van der Waals surface area contributed by atoms with Crippen LogP contribution < -0.4 is 0 Å². The molecule has 0 N–H and O–H groups in total. The van der Waals surface area contributed by atoms with E-state index in [1.165, 1.54) is 44.5 Å². The molecule has 2 aliphatic carbocycles. The SMILES string of the molecule is C[SiH][Si](C)(C)C.[Cl][Zr+2][Cl].[c-]1cccc2c1Cc1ccccc1-2.[c-]1cccc2c1Cc1ccccc1-2. The van der Waals surface area contributed by atoms with Gasteiger partial charge in [-0.05, 0) is 12.8 Å². The largest absolute Gasteiger partial charge is 0.179 e. The van der Waals surface area contributed by atoms with Crippen molar-refractivity contribution in [1.82, 2.24) is 0 Å². The van der Waals surface area contributed by atoms with E-state index < -0.39 is 28.4 Å². The summed E-state index contributed by atoms with van der Waals surface area (Å²) in [7, 11) is 10.1. The van der Waals surface area contributed by atoms with Crippen LogP contribution in [0, 0.1) is 12.1 Å². The molecular formula is C30H31Cl2Si2Zr. The van der Waals surface area contributed by atoms with E-state index in [9.17, 15) is 0 Å². The molecule has 0 nitrogen and oxygen atoms in total. The Morgan fingerprint density at radius 3 is 1.37 bits per heavy atom. The van der Waals surface area contributed by atoms with Gasteiger partial charge >= 0.3 is 37.9 Å². The van der Waals surface area contributed by atoms with Gasteiger partial charge < -0.3 is 0 Å². The second-order valence-electron chi connectivity index (χ2n) is 9.52. The van der Waals surface area contributed by atoms with Gasteiger partial charge in [0.1, 0.15) is 0 Å². The third-order valence-electron chi connectivity index (χ3n) is 6.10. The number of benzene rings is 4. The molecule has 0 fully saturated rings. The first-order valence-electron chi connectivity index (χ1n) is 11.8. The fraction of sp³-hybridized carbons (Fsp3) is 0.200. The molecule has 0 saturated carbocycles. The van der Waals surface area contributed by atoms with Crippen LogP contribution in [0.4, 0.5) is 0 Å². The summed E-state index contributed by atoms with van der Waals surface area (Å²) in [6, 6.07) is 36.2. The summed E-state index contributed by atoms with van der Waals surface area (Å²) in [6.07, 6.45) is 2.10. The molecule has 0 heterocycles. The topological polar surface area (TPSA) is 0 Å². The fourth-order valence-corrected chi connectivity index (χ4v) is 4.00. The molecule has 0 aromatic heterocycles. The number of fused-ring (bicyclic) bond motifs is 6. The molecule has 0 amide bonds. The Balaban J connectivity index is 0.000000148. The van der Waals surface area contributed by atoms with E-state index in [-0.39, 0.29) is 0 Å². The van der Waals surface area contributed by atoms with Crippen molar-refractivity contribution in [1.29, 1.82) is 0 Å². The molecule has 0 bridgehead atoms. The van der Waals surface area contributed by atoms with Gasteiger partial charge in [0.05, 0.1) is 0 Å². The van der Waals surface area contributed by atoms with Gasteiger partial charge in [-0.2, -0.15) is 59.7 Å². The Bertz CT molecular complexity index is 1060. The van der Waals surface area contributed by atoms with E-state index in [1.807, 2.05) is 12.1 Å². The molecule has 0 spiro atoms. The smallest absolute Gasteiger partial charge is 0.0253 e. The molecule has 35 heavy (non-hydrogen) atoms.